The van der Waals surface area contributed by atoms with Gasteiger partial charge in [0.2, 0.25) is 17.8 Å². The van der Waals surface area contributed by atoms with Crippen molar-refractivity contribution in [2.75, 3.05) is 6.61 Å². The van der Waals surface area contributed by atoms with E-state index in [-0.39, 0.29) is 23.5 Å². The molecule has 11 N–H and O–H groups in total. The summed E-state index contributed by atoms with van der Waals surface area (Å²) in [5, 5.41) is 117. The Labute approximate surface area is 351 Å². The molecule has 21 heteroatoms. The summed E-state index contributed by atoms with van der Waals surface area (Å²) in [4.78, 5) is 54.8. The topological polar surface area (TPSA) is 346 Å². The lowest BCUT2D eigenvalue weighted by Crippen LogP contribution is -2.62. The molecule has 3 aliphatic rings. The Morgan fingerprint density at radius 1 is 0.635 bits per heavy atom. The van der Waals surface area contributed by atoms with Crippen LogP contribution in [0.2, 0.25) is 0 Å². The van der Waals surface area contributed by atoms with E-state index in [2.05, 4.69) is 0 Å². The molecule has 8 rings (SSSR count). The lowest BCUT2D eigenvalue weighted by Gasteiger charge is -2.43. The highest BCUT2D eigenvalue weighted by molar-refractivity contribution is 6.08. The Hall–Kier alpha value is -8.30. The Morgan fingerprint density at radius 3 is 1.84 bits per heavy atom. The van der Waals surface area contributed by atoms with E-state index < -0.39 is 152 Å². The maximum Gasteiger partial charge on any atom is 0.339 e. The van der Waals surface area contributed by atoms with Gasteiger partial charge in [0, 0.05) is 23.3 Å². The third-order valence-corrected chi connectivity index (χ3v) is 10.4. The first kappa shape index (κ1) is 41.4. The molecule has 0 aliphatic carbocycles. The highest BCUT2D eigenvalue weighted by atomic mass is 16.7. The lowest BCUT2D eigenvalue weighted by molar-refractivity contribution is -0.276. The minimum absolute atomic E-state index is 0.130. The number of cyclic esters (lactones) is 1. The largest absolute Gasteiger partial charge is 0.507 e. The van der Waals surface area contributed by atoms with Crippen LogP contribution in [-0.2, 0) is 18.9 Å². The van der Waals surface area contributed by atoms with Gasteiger partial charge in [0.1, 0.15) is 41.6 Å². The number of carbonyl (C=O) groups excluding carboxylic acids is 4. The van der Waals surface area contributed by atoms with Crippen LogP contribution in [0.25, 0.3) is 11.1 Å². The number of ketones is 1. The van der Waals surface area contributed by atoms with Crippen LogP contribution in [0.1, 0.15) is 59.5 Å². The molecule has 0 aromatic heterocycles. The third-order valence-electron chi connectivity index (χ3n) is 10.4. The zero-order chi connectivity index (χ0) is 45.2. The van der Waals surface area contributed by atoms with Gasteiger partial charge >= 0.3 is 17.9 Å². The van der Waals surface area contributed by atoms with Gasteiger partial charge in [-0.2, -0.15) is 0 Å². The average Bonchev–Trinajstić information content (AvgIpc) is 3.26. The molecule has 3 heterocycles. The maximum atomic E-state index is 14.2. The van der Waals surface area contributed by atoms with Crippen LogP contribution in [0, 0.1) is 0 Å². The third kappa shape index (κ3) is 7.25. The molecule has 0 bridgehead atoms. The molecule has 5 aromatic carbocycles. The highest BCUT2D eigenvalue weighted by Crippen LogP contribution is 2.53. The summed E-state index contributed by atoms with van der Waals surface area (Å²) in [5.74, 6) is -16.5. The van der Waals surface area contributed by atoms with Crippen molar-refractivity contribution in [2.24, 2.45) is 0 Å². The number of aromatic hydroxyl groups is 10. The molecule has 0 saturated carbocycles. The molecular weight excluding hydrogens is 840 g/mol. The molecule has 1 saturated heterocycles. The molecule has 21 nitrogen and oxygen atoms in total. The van der Waals surface area contributed by atoms with Gasteiger partial charge in [-0.1, -0.05) is 30.3 Å². The minimum Gasteiger partial charge on any atom is -0.507 e. The van der Waals surface area contributed by atoms with Crippen LogP contribution in [0.3, 0.4) is 0 Å². The molecule has 63 heavy (non-hydrogen) atoms. The smallest absolute Gasteiger partial charge is 0.339 e. The van der Waals surface area contributed by atoms with Gasteiger partial charge in [-0.15, -0.1) is 0 Å². The van der Waals surface area contributed by atoms with Gasteiger partial charge in [0.25, 0.3) is 0 Å². The van der Waals surface area contributed by atoms with E-state index in [1.165, 1.54) is 6.07 Å². The summed E-state index contributed by atoms with van der Waals surface area (Å²) in [6.07, 6.45) is -11.3. The van der Waals surface area contributed by atoms with Crippen molar-refractivity contribution in [1.82, 2.24) is 0 Å². The van der Waals surface area contributed by atoms with Gasteiger partial charge < -0.3 is 84.6 Å². The van der Waals surface area contributed by atoms with Crippen molar-refractivity contribution in [1.29, 1.82) is 0 Å². The summed E-state index contributed by atoms with van der Waals surface area (Å²) in [5.41, 5.74) is -3.87. The molecular formula is C42H32O21. The Bertz CT molecular complexity index is 2710. The second-order valence-corrected chi connectivity index (χ2v) is 14.3. The summed E-state index contributed by atoms with van der Waals surface area (Å²) in [6, 6.07) is 13.2. The first-order valence-electron chi connectivity index (χ1n) is 18.5. The molecule has 6 atom stereocenters. The normalized spacial score (nSPS) is 21.8. The van der Waals surface area contributed by atoms with Crippen molar-refractivity contribution < 1.29 is 104 Å². The van der Waals surface area contributed by atoms with E-state index in [0.29, 0.717) is 29.8 Å². The van der Waals surface area contributed by atoms with E-state index >= 15 is 0 Å². The number of fused-ring (bicyclic) bond motifs is 5. The second-order valence-electron chi connectivity index (χ2n) is 14.3. The van der Waals surface area contributed by atoms with Crippen molar-refractivity contribution in [3.8, 4) is 80.1 Å². The summed E-state index contributed by atoms with van der Waals surface area (Å²) >= 11 is 0. The minimum atomic E-state index is -2.25. The monoisotopic (exact) mass is 872 g/mol. The number of hydrogen-bond donors (Lipinski definition) is 11. The Balaban J connectivity index is 1.22. The number of aliphatic hydroxyl groups is 1. The summed E-state index contributed by atoms with van der Waals surface area (Å²) in [6.45, 7) is -1.02. The predicted octanol–water partition coefficient (Wildman–Crippen LogP) is 3.20. The van der Waals surface area contributed by atoms with Crippen LogP contribution < -0.4 is 9.47 Å². The number of phenolic OH excluding ortho intramolecular Hbond substituents is 10. The fourth-order valence-corrected chi connectivity index (χ4v) is 7.33. The Morgan fingerprint density at radius 2 is 1.22 bits per heavy atom. The first-order valence-corrected chi connectivity index (χ1v) is 18.5. The van der Waals surface area contributed by atoms with Crippen molar-refractivity contribution in [3.63, 3.8) is 0 Å². The van der Waals surface area contributed by atoms with E-state index in [4.69, 9.17) is 28.4 Å². The maximum absolute atomic E-state index is 14.2. The van der Waals surface area contributed by atoms with Crippen LogP contribution in [0.5, 0.6) is 69.0 Å². The number of benzene rings is 5. The zero-order valence-corrected chi connectivity index (χ0v) is 31.7. The lowest BCUT2D eigenvalue weighted by atomic mass is 9.92. The SMILES string of the molecule is O=C(O[C@@H]1[C@H](O)[C@H](Oc2cc(O)c3c(c2)O[C@@H](c2ccccc2)CC3=O)O[C@@H]2COC(=O)c3cc(O)c(O)c(O)c3-c3c(cc(O)c(O)c3O)C(=O)O[C@H]12)c1cc(O)c(O)c(O)c1. The molecule has 0 unspecified atom stereocenters. The number of carbonyl (C=O) groups is 4. The van der Waals surface area contributed by atoms with Crippen molar-refractivity contribution in [2.45, 2.75) is 43.2 Å². The molecule has 3 aliphatic heterocycles. The van der Waals surface area contributed by atoms with E-state index in [1.807, 2.05) is 0 Å². The number of hydrogen-bond acceptors (Lipinski definition) is 21. The van der Waals surface area contributed by atoms with Crippen LogP contribution in [-0.4, -0.2) is 117 Å². The fourth-order valence-electron chi connectivity index (χ4n) is 7.33. The van der Waals surface area contributed by atoms with Gasteiger partial charge in [0.15, 0.2) is 64.3 Å². The van der Waals surface area contributed by atoms with Gasteiger partial charge in [-0.3, -0.25) is 4.79 Å². The molecule has 0 amide bonds. The molecule has 5 aromatic rings. The fraction of sp³-hybridized carbons (Fsp3) is 0.190. The number of rotatable bonds is 5. The van der Waals surface area contributed by atoms with Gasteiger partial charge in [0.05, 0.1) is 23.1 Å². The Kier molecular flexibility index (Phi) is 10.3. The molecule has 0 radical (unpaired) electrons. The van der Waals surface area contributed by atoms with E-state index in [0.717, 1.165) is 6.07 Å². The quantitative estimate of drug-likeness (QED) is 0.0686. The zero-order valence-electron chi connectivity index (χ0n) is 31.7. The van der Waals surface area contributed by atoms with E-state index in [9.17, 15) is 75.3 Å². The van der Waals surface area contributed by atoms with Crippen molar-refractivity contribution >= 4 is 23.7 Å². The highest BCUT2D eigenvalue weighted by Gasteiger charge is 2.52. The summed E-state index contributed by atoms with van der Waals surface area (Å²) in [7, 11) is 0. The second kappa shape index (κ2) is 15.6. The average molecular weight is 873 g/mol. The number of aliphatic hydroxyl groups excluding tert-OH is 1. The first-order chi connectivity index (χ1) is 29.9. The van der Waals surface area contributed by atoms with Crippen LogP contribution in [0.15, 0.2) is 66.7 Å². The number of phenols is 10. The van der Waals surface area contributed by atoms with Gasteiger partial charge in [-0.25, -0.2) is 14.4 Å². The number of Topliss-reactive ketones (excluding diaryl/α,β-unsaturated/α-hetero) is 1. The van der Waals surface area contributed by atoms with E-state index in [1.54, 1.807) is 30.3 Å². The molecule has 1 fully saturated rings. The van der Waals surface area contributed by atoms with Crippen LogP contribution >= 0.6 is 0 Å². The van der Waals surface area contributed by atoms with Crippen molar-refractivity contribution in [3.05, 3.63) is 94.5 Å². The number of esters is 3. The standard InChI is InChI=1S/C42H32O21/c43-19-8-16(9-26-30(19)20(44)12-25(60-26)14-4-2-1-3-5-14)59-42-36(54)38(63-39(55)15-6-21(45)31(49)22(46)7-15)37-27(61-42)13-58-40(56)17-10-23(47)32(50)34(52)28(17)29-18(41(57)62-37)11-24(48)33(51)35(29)53/h1-11,25,27,36-38,42-43,45-54H,12-13H2/t25-,27-,36+,37+,38-,42-/m1/s1. The van der Waals surface area contributed by atoms with Gasteiger partial charge in [-0.05, 0) is 29.8 Å². The van der Waals surface area contributed by atoms with Crippen LogP contribution in [0.4, 0.5) is 0 Å². The molecule has 326 valence electrons. The summed E-state index contributed by atoms with van der Waals surface area (Å²) < 4.78 is 34.6. The number of ether oxygens (including phenoxy) is 6. The molecule has 0 spiro atoms. The predicted molar refractivity (Wildman–Crippen MR) is 204 cm³/mol.